The van der Waals surface area contributed by atoms with Crippen LogP contribution in [0.2, 0.25) is 0 Å². The van der Waals surface area contributed by atoms with Crippen LogP contribution in [0.1, 0.15) is 61.3 Å². The Kier molecular flexibility index (Phi) is 6.64. The molecule has 2 fully saturated rings. The number of carbonyl (C=O) groups excluding carboxylic acids is 1. The number of ether oxygens (including phenoxy) is 2. The number of piperidine rings is 1. The number of halogens is 1. The van der Waals surface area contributed by atoms with Crippen molar-refractivity contribution in [1.29, 1.82) is 0 Å². The Bertz CT molecular complexity index is 784. The van der Waals surface area contributed by atoms with E-state index >= 15 is 0 Å². The molecule has 0 unspecified atom stereocenters. The van der Waals surface area contributed by atoms with Crippen molar-refractivity contribution >= 4 is 18.7 Å². The van der Waals surface area contributed by atoms with Gasteiger partial charge >= 0.3 is 13.2 Å². The number of rotatable bonds is 4. The number of hydrogen-bond donors (Lipinski definition) is 0. The fourth-order valence-electron chi connectivity index (χ4n) is 3.65. The summed E-state index contributed by atoms with van der Waals surface area (Å²) in [6.45, 7) is 15.0. The van der Waals surface area contributed by atoms with Gasteiger partial charge in [0, 0.05) is 13.1 Å². The molecular formula is C23H35BFNO5. The van der Waals surface area contributed by atoms with E-state index < -0.39 is 29.7 Å². The molecule has 0 saturated carbocycles. The average molecular weight is 435 g/mol. The molecular weight excluding hydrogens is 400 g/mol. The molecule has 1 aromatic rings. The molecule has 2 aliphatic heterocycles. The minimum Gasteiger partial charge on any atom is -0.494 e. The Balaban J connectivity index is 1.60. The third-order valence-electron chi connectivity index (χ3n) is 6.24. The van der Waals surface area contributed by atoms with Crippen molar-refractivity contribution in [2.24, 2.45) is 5.92 Å². The van der Waals surface area contributed by atoms with Gasteiger partial charge < -0.3 is 23.7 Å². The quantitative estimate of drug-likeness (QED) is 0.666. The first-order chi connectivity index (χ1) is 14.3. The number of hydrogen-bond acceptors (Lipinski definition) is 5. The highest BCUT2D eigenvalue weighted by Crippen LogP contribution is 2.37. The Morgan fingerprint density at radius 1 is 1.16 bits per heavy atom. The van der Waals surface area contributed by atoms with Crippen LogP contribution in [0.5, 0.6) is 5.75 Å². The normalized spacial score (nSPS) is 21.3. The van der Waals surface area contributed by atoms with Crippen LogP contribution in [0, 0.1) is 11.7 Å². The highest BCUT2D eigenvalue weighted by atomic mass is 19.1. The molecule has 0 aromatic heterocycles. The van der Waals surface area contributed by atoms with Gasteiger partial charge in [-0.25, -0.2) is 9.18 Å². The average Bonchev–Trinajstić information content (AvgIpc) is 2.86. The van der Waals surface area contributed by atoms with Crippen LogP contribution >= 0.6 is 0 Å². The van der Waals surface area contributed by atoms with E-state index in [0.29, 0.717) is 30.9 Å². The van der Waals surface area contributed by atoms with E-state index in [4.69, 9.17) is 18.8 Å². The van der Waals surface area contributed by atoms with Gasteiger partial charge in [-0.2, -0.15) is 0 Å². The SMILES string of the molecule is CC(C)(C)OC(=O)N1CCC(COc2cccc(F)c2B2OC(C)(C)C(C)(C)O2)CC1. The minimum atomic E-state index is -0.824. The molecule has 1 aromatic carbocycles. The van der Waals surface area contributed by atoms with E-state index in [2.05, 4.69) is 0 Å². The summed E-state index contributed by atoms with van der Waals surface area (Å²) in [6.07, 6.45) is 1.33. The smallest absolute Gasteiger partial charge is 0.494 e. The predicted molar refractivity (Wildman–Crippen MR) is 118 cm³/mol. The number of carbonyl (C=O) groups is 1. The van der Waals surface area contributed by atoms with Crippen molar-refractivity contribution in [2.75, 3.05) is 19.7 Å². The minimum absolute atomic E-state index is 0.271. The summed E-state index contributed by atoms with van der Waals surface area (Å²) in [5.74, 6) is 0.303. The topological polar surface area (TPSA) is 57.2 Å². The molecule has 0 spiro atoms. The van der Waals surface area contributed by atoms with Gasteiger partial charge in [0.25, 0.3) is 0 Å². The van der Waals surface area contributed by atoms with Crippen LogP contribution in [0.15, 0.2) is 18.2 Å². The first-order valence-electron chi connectivity index (χ1n) is 11.0. The second-order valence-electron chi connectivity index (χ2n) is 10.5. The zero-order chi connectivity index (χ0) is 23.0. The summed E-state index contributed by atoms with van der Waals surface area (Å²) in [7, 11) is -0.824. The first kappa shape index (κ1) is 23.9. The lowest BCUT2D eigenvalue weighted by molar-refractivity contribution is 0.00578. The molecule has 2 aliphatic rings. The molecule has 31 heavy (non-hydrogen) atoms. The first-order valence-corrected chi connectivity index (χ1v) is 11.0. The summed E-state index contributed by atoms with van der Waals surface area (Å²) >= 11 is 0. The van der Waals surface area contributed by atoms with Gasteiger partial charge in [-0.05, 0) is 79.4 Å². The van der Waals surface area contributed by atoms with E-state index in [9.17, 15) is 9.18 Å². The molecule has 0 bridgehead atoms. The zero-order valence-corrected chi connectivity index (χ0v) is 19.8. The van der Waals surface area contributed by atoms with Gasteiger partial charge in [0.1, 0.15) is 17.2 Å². The highest BCUT2D eigenvalue weighted by Gasteiger charge is 2.53. The van der Waals surface area contributed by atoms with Gasteiger partial charge in [0.05, 0.1) is 23.3 Å². The second-order valence-corrected chi connectivity index (χ2v) is 10.5. The van der Waals surface area contributed by atoms with E-state index in [1.807, 2.05) is 48.5 Å². The molecule has 172 valence electrons. The van der Waals surface area contributed by atoms with Crippen molar-refractivity contribution in [3.63, 3.8) is 0 Å². The summed E-state index contributed by atoms with van der Waals surface area (Å²) in [5.41, 5.74) is -1.33. The van der Waals surface area contributed by atoms with Crippen molar-refractivity contribution in [2.45, 2.75) is 78.1 Å². The van der Waals surface area contributed by atoms with Crippen molar-refractivity contribution < 1.29 is 28.0 Å². The number of benzene rings is 1. The predicted octanol–water partition coefficient (Wildman–Crippen LogP) is 4.15. The van der Waals surface area contributed by atoms with Crippen LogP contribution in [-0.4, -0.2) is 54.6 Å². The van der Waals surface area contributed by atoms with Gasteiger partial charge in [-0.3, -0.25) is 0 Å². The number of likely N-dealkylation sites (tertiary alicyclic amines) is 1. The largest absolute Gasteiger partial charge is 0.501 e. The summed E-state index contributed by atoms with van der Waals surface area (Å²) in [6, 6.07) is 4.77. The molecule has 0 aliphatic carbocycles. The van der Waals surface area contributed by atoms with E-state index in [1.54, 1.807) is 17.0 Å². The molecule has 0 N–H and O–H groups in total. The van der Waals surface area contributed by atoms with Crippen LogP contribution < -0.4 is 10.2 Å². The summed E-state index contributed by atoms with van der Waals surface area (Å²) < 4.78 is 38.3. The molecule has 8 heteroatoms. The van der Waals surface area contributed by atoms with Crippen molar-refractivity contribution in [3.8, 4) is 5.75 Å². The maximum Gasteiger partial charge on any atom is 0.501 e. The van der Waals surface area contributed by atoms with Crippen molar-refractivity contribution in [3.05, 3.63) is 24.0 Å². The summed E-state index contributed by atoms with van der Waals surface area (Å²) in [5, 5.41) is 0. The van der Waals surface area contributed by atoms with Gasteiger partial charge in [-0.1, -0.05) is 6.07 Å². The maximum absolute atomic E-state index is 14.7. The Hall–Kier alpha value is -1.80. The van der Waals surface area contributed by atoms with Crippen LogP contribution in [0.25, 0.3) is 0 Å². The van der Waals surface area contributed by atoms with Gasteiger partial charge in [-0.15, -0.1) is 0 Å². The lowest BCUT2D eigenvalue weighted by Crippen LogP contribution is -2.43. The third kappa shape index (κ3) is 5.53. The van der Waals surface area contributed by atoms with E-state index in [0.717, 1.165) is 12.8 Å². The molecule has 0 radical (unpaired) electrons. The zero-order valence-electron chi connectivity index (χ0n) is 19.8. The molecule has 0 atom stereocenters. The van der Waals surface area contributed by atoms with Gasteiger partial charge in [0.2, 0.25) is 0 Å². The standard InChI is InChI=1S/C23H35BFNO5/c1-21(2,3)29-20(27)26-13-11-16(12-14-26)15-28-18-10-8-9-17(25)19(18)24-30-22(4,5)23(6,7)31-24/h8-10,16H,11-15H2,1-7H3. The third-order valence-corrected chi connectivity index (χ3v) is 6.24. The summed E-state index contributed by atoms with van der Waals surface area (Å²) in [4.78, 5) is 14.0. The maximum atomic E-state index is 14.7. The van der Waals surface area contributed by atoms with E-state index in [1.165, 1.54) is 6.07 Å². The van der Waals surface area contributed by atoms with Crippen LogP contribution in [-0.2, 0) is 14.0 Å². The second kappa shape index (κ2) is 8.62. The lowest BCUT2D eigenvalue weighted by atomic mass is 9.78. The Labute approximate surface area is 185 Å². The van der Waals surface area contributed by atoms with Crippen molar-refractivity contribution in [1.82, 2.24) is 4.90 Å². The molecule has 3 rings (SSSR count). The van der Waals surface area contributed by atoms with Gasteiger partial charge in [0.15, 0.2) is 0 Å². The van der Waals surface area contributed by atoms with Crippen LogP contribution in [0.4, 0.5) is 9.18 Å². The highest BCUT2D eigenvalue weighted by molar-refractivity contribution is 6.63. The Morgan fingerprint density at radius 2 is 1.74 bits per heavy atom. The molecule has 2 saturated heterocycles. The number of nitrogens with zero attached hydrogens (tertiary/aromatic N) is 1. The fraction of sp³-hybridized carbons (Fsp3) is 0.696. The molecule has 1 amide bonds. The van der Waals surface area contributed by atoms with E-state index in [-0.39, 0.29) is 12.0 Å². The lowest BCUT2D eigenvalue weighted by Gasteiger charge is -2.33. The molecule has 6 nitrogen and oxygen atoms in total. The monoisotopic (exact) mass is 435 g/mol. The number of amides is 1. The fourth-order valence-corrected chi connectivity index (χ4v) is 3.65. The molecule has 2 heterocycles. The van der Waals surface area contributed by atoms with Crippen LogP contribution in [0.3, 0.4) is 0 Å². The Morgan fingerprint density at radius 3 is 2.29 bits per heavy atom.